The minimum atomic E-state index is 0.370. The van der Waals surface area contributed by atoms with E-state index in [1.54, 1.807) is 11.8 Å². The van der Waals surface area contributed by atoms with Crippen LogP contribution in [0.2, 0.25) is 5.02 Å². The molecule has 0 saturated heterocycles. The van der Waals surface area contributed by atoms with Gasteiger partial charge in [0, 0.05) is 16.3 Å². The Labute approximate surface area is 106 Å². The SMILES string of the molecule is O=C(CSc1cccc(Cl)c1)CC1CCC1. The molecule has 16 heavy (non-hydrogen) atoms. The van der Waals surface area contributed by atoms with Crippen LogP contribution in [0.4, 0.5) is 0 Å². The molecule has 0 N–H and O–H groups in total. The number of thioether (sulfide) groups is 1. The van der Waals surface area contributed by atoms with E-state index in [1.165, 1.54) is 19.3 Å². The van der Waals surface area contributed by atoms with E-state index < -0.39 is 0 Å². The lowest BCUT2D eigenvalue weighted by molar-refractivity contribution is -0.118. The smallest absolute Gasteiger partial charge is 0.143 e. The monoisotopic (exact) mass is 254 g/mol. The number of benzene rings is 1. The van der Waals surface area contributed by atoms with Crippen LogP contribution in [-0.2, 0) is 4.79 Å². The molecule has 1 aromatic rings. The van der Waals surface area contributed by atoms with Crippen LogP contribution >= 0.6 is 23.4 Å². The van der Waals surface area contributed by atoms with E-state index in [2.05, 4.69) is 0 Å². The Balaban J connectivity index is 1.75. The average molecular weight is 255 g/mol. The van der Waals surface area contributed by atoms with Gasteiger partial charge in [0.25, 0.3) is 0 Å². The van der Waals surface area contributed by atoms with Crippen molar-refractivity contribution in [2.24, 2.45) is 5.92 Å². The van der Waals surface area contributed by atoms with Crippen LogP contribution < -0.4 is 0 Å². The number of carbonyl (C=O) groups excluding carboxylic acids is 1. The van der Waals surface area contributed by atoms with Gasteiger partial charge in [-0.15, -0.1) is 11.8 Å². The Morgan fingerprint density at radius 3 is 2.88 bits per heavy atom. The van der Waals surface area contributed by atoms with Gasteiger partial charge in [-0.05, 0) is 24.1 Å². The summed E-state index contributed by atoms with van der Waals surface area (Å²) in [5.74, 6) is 1.62. The Morgan fingerprint density at radius 2 is 2.25 bits per heavy atom. The summed E-state index contributed by atoms with van der Waals surface area (Å²) in [6, 6.07) is 7.67. The summed E-state index contributed by atoms with van der Waals surface area (Å²) in [4.78, 5) is 12.7. The quantitative estimate of drug-likeness (QED) is 0.733. The van der Waals surface area contributed by atoms with E-state index in [4.69, 9.17) is 11.6 Å². The molecule has 1 aromatic carbocycles. The molecule has 0 spiro atoms. The van der Waals surface area contributed by atoms with Gasteiger partial charge in [-0.1, -0.05) is 36.9 Å². The fraction of sp³-hybridized carbons (Fsp3) is 0.462. The van der Waals surface area contributed by atoms with Crippen molar-refractivity contribution >= 4 is 29.1 Å². The van der Waals surface area contributed by atoms with Crippen LogP contribution in [0.3, 0.4) is 0 Å². The van der Waals surface area contributed by atoms with Crippen molar-refractivity contribution in [1.82, 2.24) is 0 Å². The molecule has 1 fully saturated rings. The van der Waals surface area contributed by atoms with Crippen LogP contribution in [-0.4, -0.2) is 11.5 Å². The number of hydrogen-bond donors (Lipinski definition) is 0. The normalized spacial score (nSPS) is 15.8. The van der Waals surface area contributed by atoms with Crippen molar-refractivity contribution in [1.29, 1.82) is 0 Å². The maximum atomic E-state index is 11.7. The van der Waals surface area contributed by atoms with Gasteiger partial charge in [0.05, 0.1) is 5.75 Å². The molecule has 0 bridgehead atoms. The second kappa shape index (κ2) is 5.74. The van der Waals surface area contributed by atoms with Crippen LogP contribution in [0.1, 0.15) is 25.7 Å². The minimum Gasteiger partial charge on any atom is -0.299 e. The third-order valence-corrected chi connectivity index (χ3v) is 4.23. The van der Waals surface area contributed by atoms with Gasteiger partial charge < -0.3 is 0 Å². The zero-order chi connectivity index (χ0) is 11.4. The standard InChI is InChI=1S/C13H15ClOS/c14-11-5-2-6-13(8-11)16-9-12(15)7-10-3-1-4-10/h2,5-6,8,10H,1,3-4,7,9H2. The molecule has 0 amide bonds. The fourth-order valence-electron chi connectivity index (χ4n) is 1.80. The van der Waals surface area contributed by atoms with Gasteiger partial charge in [0.15, 0.2) is 0 Å². The van der Waals surface area contributed by atoms with E-state index in [0.717, 1.165) is 16.3 Å². The highest BCUT2D eigenvalue weighted by atomic mass is 35.5. The van der Waals surface area contributed by atoms with Gasteiger partial charge in [-0.25, -0.2) is 0 Å². The van der Waals surface area contributed by atoms with E-state index in [9.17, 15) is 4.79 Å². The molecule has 0 aromatic heterocycles. The van der Waals surface area contributed by atoms with E-state index in [0.29, 0.717) is 17.5 Å². The maximum absolute atomic E-state index is 11.7. The molecule has 3 heteroatoms. The summed E-state index contributed by atoms with van der Waals surface area (Å²) >= 11 is 7.46. The number of halogens is 1. The molecular formula is C13H15ClOS. The van der Waals surface area contributed by atoms with Crippen LogP contribution in [0.5, 0.6) is 0 Å². The zero-order valence-corrected chi connectivity index (χ0v) is 10.7. The molecule has 0 atom stereocenters. The van der Waals surface area contributed by atoms with Crippen molar-refractivity contribution in [3.8, 4) is 0 Å². The molecule has 2 rings (SSSR count). The fourth-order valence-corrected chi connectivity index (χ4v) is 2.88. The van der Waals surface area contributed by atoms with Gasteiger partial charge in [-0.3, -0.25) is 4.79 Å². The minimum absolute atomic E-state index is 0.370. The number of ketones is 1. The molecule has 0 radical (unpaired) electrons. The molecule has 1 saturated carbocycles. The number of hydrogen-bond acceptors (Lipinski definition) is 2. The lowest BCUT2D eigenvalue weighted by Gasteiger charge is -2.24. The van der Waals surface area contributed by atoms with E-state index in [1.807, 2.05) is 24.3 Å². The molecule has 0 unspecified atom stereocenters. The van der Waals surface area contributed by atoms with Crippen LogP contribution in [0.25, 0.3) is 0 Å². The first kappa shape index (κ1) is 12.0. The van der Waals surface area contributed by atoms with Crippen LogP contribution in [0.15, 0.2) is 29.2 Å². The van der Waals surface area contributed by atoms with Gasteiger partial charge in [-0.2, -0.15) is 0 Å². The summed E-state index contributed by atoms with van der Waals surface area (Å²) < 4.78 is 0. The molecule has 1 aliphatic carbocycles. The van der Waals surface area contributed by atoms with Crippen LogP contribution in [0, 0.1) is 5.92 Å². The summed E-state index contributed by atoms with van der Waals surface area (Å²) in [6.07, 6.45) is 4.56. The van der Waals surface area contributed by atoms with Crippen molar-refractivity contribution in [2.45, 2.75) is 30.6 Å². The lowest BCUT2D eigenvalue weighted by Crippen LogP contribution is -2.16. The molecule has 1 aliphatic rings. The van der Waals surface area contributed by atoms with Gasteiger partial charge >= 0.3 is 0 Å². The van der Waals surface area contributed by atoms with Crippen molar-refractivity contribution < 1.29 is 4.79 Å². The van der Waals surface area contributed by atoms with Crippen molar-refractivity contribution in [3.05, 3.63) is 29.3 Å². The highest BCUT2D eigenvalue weighted by molar-refractivity contribution is 8.00. The summed E-state index contributed by atoms with van der Waals surface area (Å²) in [5, 5.41) is 0.733. The first-order chi connectivity index (χ1) is 7.74. The van der Waals surface area contributed by atoms with Gasteiger partial charge in [0.2, 0.25) is 0 Å². The molecule has 0 heterocycles. The number of carbonyl (C=O) groups is 1. The molecular weight excluding hydrogens is 240 g/mol. The topological polar surface area (TPSA) is 17.1 Å². The summed E-state index contributed by atoms with van der Waals surface area (Å²) in [5.41, 5.74) is 0. The predicted octanol–water partition coefficient (Wildman–Crippen LogP) is 4.19. The summed E-state index contributed by atoms with van der Waals surface area (Å²) in [7, 11) is 0. The highest BCUT2D eigenvalue weighted by Gasteiger charge is 2.20. The van der Waals surface area contributed by atoms with E-state index >= 15 is 0 Å². The van der Waals surface area contributed by atoms with Gasteiger partial charge in [0.1, 0.15) is 5.78 Å². The van der Waals surface area contributed by atoms with Crippen molar-refractivity contribution in [3.63, 3.8) is 0 Å². The number of rotatable bonds is 5. The Hall–Kier alpha value is -0.470. The van der Waals surface area contributed by atoms with E-state index in [-0.39, 0.29) is 0 Å². The molecule has 86 valence electrons. The maximum Gasteiger partial charge on any atom is 0.143 e. The second-order valence-corrected chi connectivity index (χ2v) is 5.77. The Kier molecular flexibility index (Phi) is 4.30. The molecule has 1 nitrogen and oxygen atoms in total. The summed E-state index contributed by atoms with van der Waals surface area (Å²) in [6.45, 7) is 0. The second-order valence-electron chi connectivity index (χ2n) is 4.29. The third kappa shape index (κ3) is 3.53. The van der Waals surface area contributed by atoms with Crippen molar-refractivity contribution in [2.75, 3.05) is 5.75 Å². The first-order valence-corrected chi connectivity index (χ1v) is 7.00. The average Bonchev–Trinajstić information content (AvgIpc) is 2.21. The first-order valence-electron chi connectivity index (χ1n) is 5.64. The largest absolute Gasteiger partial charge is 0.299 e. The predicted molar refractivity (Wildman–Crippen MR) is 69.1 cm³/mol. The zero-order valence-electron chi connectivity index (χ0n) is 9.12. The Bertz CT molecular complexity index is 374. The number of Topliss-reactive ketones (excluding diaryl/α,β-unsaturated/α-hetero) is 1. The molecule has 0 aliphatic heterocycles. The lowest BCUT2D eigenvalue weighted by atomic mass is 9.82. The third-order valence-electron chi connectivity index (χ3n) is 2.94. The highest BCUT2D eigenvalue weighted by Crippen LogP contribution is 2.30. The Morgan fingerprint density at radius 1 is 1.44 bits per heavy atom.